The van der Waals surface area contributed by atoms with Crippen LogP contribution in [0.2, 0.25) is 0 Å². The molecule has 2 heterocycles. The van der Waals surface area contributed by atoms with Crippen LogP contribution >= 0.6 is 0 Å². The molecule has 0 spiro atoms. The number of hydrogen-bond donors (Lipinski definition) is 2. The Balaban J connectivity index is 1.71. The molecule has 1 aliphatic rings. The molecule has 1 aromatic carbocycles. The predicted octanol–water partition coefficient (Wildman–Crippen LogP) is 2.44. The highest BCUT2D eigenvalue weighted by molar-refractivity contribution is 5.79. The molecule has 90 valence electrons. The van der Waals surface area contributed by atoms with E-state index in [0.29, 0.717) is 0 Å². The third kappa shape index (κ3) is 2.21. The average Bonchev–Trinajstić information content (AvgIpc) is 2.95. The summed E-state index contributed by atoms with van der Waals surface area (Å²) in [6.07, 6.45) is 3.08. The highest BCUT2D eigenvalue weighted by atomic mass is 16.5. The number of aromatic amines is 1. The fraction of sp³-hybridized carbons (Fsp3) is 0.429. The molecule has 2 aromatic rings. The van der Waals surface area contributed by atoms with Crippen molar-refractivity contribution in [3.8, 4) is 0 Å². The Labute approximate surface area is 101 Å². The Morgan fingerprint density at radius 1 is 1.41 bits per heavy atom. The SMILES string of the molecule is CC1(NCc2ccc3cc[nH]c3c2)CCOC1. The second-order valence-electron chi connectivity index (χ2n) is 5.12. The quantitative estimate of drug-likeness (QED) is 0.849. The van der Waals surface area contributed by atoms with E-state index in [9.17, 15) is 0 Å². The number of H-pyrrole nitrogens is 1. The molecule has 0 saturated carbocycles. The maximum Gasteiger partial charge on any atom is 0.0646 e. The fourth-order valence-corrected chi connectivity index (χ4v) is 2.33. The molecule has 2 N–H and O–H groups in total. The Hall–Kier alpha value is -1.32. The number of aromatic nitrogens is 1. The fourth-order valence-electron chi connectivity index (χ4n) is 2.33. The van der Waals surface area contributed by atoms with E-state index in [-0.39, 0.29) is 5.54 Å². The smallest absolute Gasteiger partial charge is 0.0646 e. The van der Waals surface area contributed by atoms with Gasteiger partial charge in [0.1, 0.15) is 0 Å². The minimum atomic E-state index is 0.144. The van der Waals surface area contributed by atoms with E-state index in [2.05, 4.69) is 41.5 Å². The van der Waals surface area contributed by atoms with Gasteiger partial charge in [0.05, 0.1) is 6.61 Å². The number of nitrogens with one attached hydrogen (secondary N) is 2. The molecular weight excluding hydrogens is 212 g/mol. The lowest BCUT2D eigenvalue weighted by molar-refractivity contribution is 0.171. The molecule has 3 nitrogen and oxygen atoms in total. The van der Waals surface area contributed by atoms with Crippen LogP contribution < -0.4 is 5.32 Å². The second kappa shape index (κ2) is 4.17. The average molecular weight is 230 g/mol. The molecule has 3 rings (SSSR count). The summed E-state index contributed by atoms with van der Waals surface area (Å²) in [5.74, 6) is 0. The summed E-state index contributed by atoms with van der Waals surface area (Å²) in [6, 6.07) is 8.65. The van der Waals surface area contributed by atoms with Crippen LogP contribution in [0.5, 0.6) is 0 Å². The first-order valence-electron chi connectivity index (χ1n) is 6.14. The highest BCUT2D eigenvalue weighted by Gasteiger charge is 2.28. The van der Waals surface area contributed by atoms with Gasteiger partial charge >= 0.3 is 0 Å². The normalized spacial score (nSPS) is 24.5. The second-order valence-corrected chi connectivity index (χ2v) is 5.12. The van der Waals surface area contributed by atoms with Crippen molar-refractivity contribution >= 4 is 10.9 Å². The summed E-state index contributed by atoms with van der Waals surface area (Å²) in [6.45, 7) is 4.82. The van der Waals surface area contributed by atoms with Gasteiger partial charge in [-0.05, 0) is 36.4 Å². The molecule has 1 aliphatic heterocycles. The Bertz CT molecular complexity index is 512. The van der Waals surface area contributed by atoms with Crippen molar-refractivity contribution in [3.63, 3.8) is 0 Å². The van der Waals surface area contributed by atoms with Crippen LogP contribution in [0.1, 0.15) is 18.9 Å². The van der Waals surface area contributed by atoms with E-state index in [4.69, 9.17) is 4.74 Å². The number of benzene rings is 1. The highest BCUT2D eigenvalue weighted by Crippen LogP contribution is 2.19. The van der Waals surface area contributed by atoms with E-state index in [1.54, 1.807) is 0 Å². The molecule has 3 heteroatoms. The van der Waals surface area contributed by atoms with Gasteiger partial charge in [-0.15, -0.1) is 0 Å². The zero-order valence-corrected chi connectivity index (χ0v) is 10.1. The first kappa shape index (κ1) is 10.8. The minimum Gasteiger partial charge on any atom is -0.379 e. The lowest BCUT2D eigenvalue weighted by Crippen LogP contribution is -2.42. The molecular formula is C14H18N2O. The van der Waals surface area contributed by atoms with Crippen molar-refractivity contribution in [2.24, 2.45) is 0 Å². The molecule has 0 radical (unpaired) electrons. The molecule has 1 unspecified atom stereocenters. The Morgan fingerprint density at radius 2 is 2.35 bits per heavy atom. The van der Waals surface area contributed by atoms with Gasteiger partial charge in [0, 0.05) is 30.4 Å². The van der Waals surface area contributed by atoms with E-state index >= 15 is 0 Å². The number of fused-ring (bicyclic) bond motifs is 1. The van der Waals surface area contributed by atoms with Gasteiger partial charge in [0.15, 0.2) is 0 Å². The molecule has 0 bridgehead atoms. The van der Waals surface area contributed by atoms with Crippen LogP contribution in [0, 0.1) is 0 Å². The summed E-state index contributed by atoms with van der Waals surface area (Å²) in [4.78, 5) is 3.24. The van der Waals surface area contributed by atoms with Crippen molar-refractivity contribution in [3.05, 3.63) is 36.0 Å². The van der Waals surface area contributed by atoms with Crippen LogP contribution in [0.15, 0.2) is 30.5 Å². The lowest BCUT2D eigenvalue weighted by Gasteiger charge is -2.23. The van der Waals surface area contributed by atoms with Crippen molar-refractivity contribution in [1.82, 2.24) is 10.3 Å². The largest absolute Gasteiger partial charge is 0.379 e. The Kier molecular flexibility index (Phi) is 2.65. The van der Waals surface area contributed by atoms with Gasteiger partial charge in [-0.1, -0.05) is 12.1 Å². The number of hydrogen-bond acceptors (Lipinski definition) is 2. The first-order valence-corrected chi connectivity index (χ1v) is 6.14. The van der Waals surface area contributed by atoms with Crippen molar-refractivity contribution in [2.45, 2.75) is 25.4 Å². The molecule has 1 fully saturated rings. The van der Waals surface area contributed by atoms with Crippen LogP contribution in [0.25, 0.3) is 10.9 Å². The first-order chi connectivity index (χ1) is 8.25. The molecule has 17 heavy (non-hydrogen) atoms. The summed E-state index contributed by atoms with van der Waals surface area (Å²) < 4.78 is 5.44. The molecule has 1 saturated heterocycles. The standard InChI is InChI=1S/C14H18N2O/c1-14(5-7-17-10-14)16-9-11-2-3-12-4-6-15-13(12)8-11/h2-4,6,8,15-16H,5,7,9-10H2,1H3. The van der Waals surface area contributed by atoms with E-state index in [1.807, 2.05) is 6.20 Å². The van der Waals surface area contributed by atoms with Crippen LogP contribution in [0.3, 0.4) is 0 Å². The summed E-state index contributed by atoms with van der Waals surface area (Å²) in [5, 5.41) is 4.86. The van der Waals surface area contributed by atoms with Crippen molar-refractivity contribution in [1.29, 1.82) is 0 Å². The van der Waals surface area contributed by atoms with E-state index in [1.165, 1.54) is 16.5 Å². The zero-order chi connectivity index (χ0) is 11.7. The van der Waals surface area contributed by atoms with Gasteiger partial charge < -0.3 is 15.0 Å². The van der Waals surface area contributed by atoms with Crippen molar-refractivity contribution < 1.29 is 4.74 Å². The van der Waals surface area contributed by atoms with Gasteiger partial charge in [0.2, 0.25) is 0 Å². The monoisotopic (exact) mass is 230 g/mol. The lowest BCUT2D eigenvalue weighted by atomic mass is 10.0. The van der Waals surface area contributed by atoms with Gasteiger partial charge in [-0.25, -0.2) is 0 Å². The van der Waals surface area contributed by atoms with E-state index < -0.39 is 0 Å². The van der Waals surface area contributed by atoms with Gasteiger partial charge in [-0.3, -0.25) is 0 Å². The van der Waals surface area contributed by atoms with Gasteiger partial charge in [-0.2, -0.15) is 0 Å². The van der Waals surface area contributed by atoms with Crippen LogP contribution in [-0.4, -0.2) is 23.7 Å². The minimum absolute atomic E-state index is 0.144. The molecule has 0 amide bonds. The number of ether oxygens (including phenoxy) is 1. The van der Waals surface area contributed by atoms with Gasteiger partial charge in [0.25, 0.3) is 0 Å². The maximum atomic E-state index is 5.44. The maximum absolute atomic E-state index is 5.44. The number of rotatable bonds is 3. The molecule has 1 aromatic heterocycles. The molecule has 1 atom stereocenters. The summed E-state index contributed by atoms with van der Waals surface area (Å²) >= 11 is 0. The summed E-state index contributed by atoms with van der Waals surface area (Å²) in [7, 11) is 0. The third-order valence-corrected chi connectivity index (χ3v) is 3.56. The van der Waals surface area contributed by atoms with Crippen molar-refractivity contribution in [2.75, 3.05) is 13.2 Å². The van der Waals surface area contributed by atoms with Crippen LogP contribution in [-0.2, 0) is 11.3 Å². The van der Waals surface area contributed by atoms with Crippen LogP contribution in [0.4, 0.5) is 0 Å². The zero-order valence-electron chi connectivity index (χ0n) is 10.1. The summed E-state index contributed by atoms with van der Waals surface area (Å²) in [5.41, 5.74) is 2.66. The predicted molar refractivity (Wildman–Crippen MR) is 69.0 cm³/mol. The topological polar surface area (TPSA) is 37.0 Å². The third-order valence-electron chi connectivity index (χ3n) is 3.56. The Morgan fingerprint density at radius 3 is 3.18 bits per heavy atom. The molecule has 0 aliphatic carbocycles. The van der Waals surface area contributed by atoms with E-state index in [0.717, 1.165) is 26.2 Å².